The van der Waals surface area contributed by atoms with E-state index in [2.05, 4.69) is 20.5 Å². The van der Waals surface area contributed by atoms with Crippen molar-refractivity contribution in [1.29, 1.82) is 0 Å². The smallest absolute Gasteiger partial charge is 0.234 e. The molecule has 1 heterocycles. The molecule has 0 aliphatic heterocycles. The average Bonchev–Trinajstić information content (AvgIpc) is 3.24. The van der Waals surface area contributed by atoms with Gasteiger partial charge in [0.2, 0.25) is 11.1 Å². The summed E-state index contributed by atoms with van der Waals surface area (Å²) >= 11 is 1.29. The molecule has 1 saturated carbocycles. The van der Waals surface area contributed by atoms with E-state index < -0.39 is 0 Å². The van der Waals surface area contributed by atoms with Crippen LogP contribution < -0.4 is 5.32 Å². The summed E-state index contributed by atoms with van der Waals surface area (Å²) in [6.07, 6.45) is 2.32. The van der Waals surface area contributed by atoms with Gasteiger partial charge in [-0.05, 0) is 31.9 Å². The molecule has 0 saturated heterocycles. The Morgan fingerprint density at radius 3 is 2.95 bits per heavy atom. The number of anilines is 1. The molecule has 0 unspecified atom stereocenters. The van der Waals surface area contributed by atoms with Gasteiger partial charge in [0.25, 0.3) is 0 Å². The van der Waals surface area contributed by atoms with Gasteiger partial charge in [-0.1, -0.05) is 23.9 Å². The second kappa shape index (κ2) is 6.31. The van der Waals surface area contributed by atoms with E-state index in [1.54, 1.807) is 24.3 Å². The lowest BCUT2D eigenvalue weighted by Gasteiger charge is -2.05. The number of carbonyl (C=O) groups excluding carboxylic acids is 2. The van der Waals surface area contributed by atoms with Crippen LogP contribution >= 0.6 is 11.8 Å². The third-order valence-corrected chi connectivity index (χ3v) is 4.18. The van der Waals surface area contributed by atoms with Crippen molar-refractivity contribution in [3.63, 3.8) is 0 Å². The predicted octanol–water partition coefficient (Wildman–Crippen LogP) is 2.62. The van der Waals surface area contributed by atoms with Gasteiger partial charge < -0.3 is 5.32 Å². The van der Waals surface area contributed by atoms with E-state index in [4.69, 9.17) is 0 Å². The van der Waals surface area contributed by atoms with Crippen LogP contribution in [-0.2, 0) is 4.79 Å². The molecule has 6 nitrogen and oxygen atoms in total. The van der Waals surface area contributed by atoms with E-state index in [1.165, 1.54) is 18.7 Å². The molecule has 2 N–H and O–H groups in total. The maximum atomic E-state index is 11.9. The molecular weight excluding hydrogens is 300 g/mol. The third-order valence-electron chi connectivity index (χ3n) is 3.33. The number of nitrogens with zero attached hydrogens (tertiary/aromatic N) is 2. The Morgan fingerprint density at radius 2 is 2.23 bits per heavy atom. The highest BCUT2D eigenvalue weighted by Crippen LogP contribution is 2.38. The van der Waals surface area contributed by atoms with Gasteiger partial charge in [-0.3, -0.25) is 14.7 Å². The van der Waals surface area contributed by atoms with Crippen molar-refractivity contribution in [2.24, 2.45) is 0 Å². The number of thioether (sulfide) groups is 1. The van der Waals surface area contributed by atoms with Crippen LogP contribution in [0.15, 0.2) is 29.4 Å². The standard InChI is InChI=1S/C15H16N4O2S/c1-9(20)11-3-2-4-12(7-11)16-13(21)8-22-15-17-14(18-19-15)10-5-6-10/h2-4,7,10H,5-6,8H2,1H3,(H,16,21)(H,17,18,19). The van der Waals surface area contributed by atoms with E-state index in [0.29, 0.717) is 22.3 Å². The monoisotopic (exact) mass is 316 g/mol. The van der Waals surface area contributed by atoms with Crippen molar-refractivity contribution in [3.05, 3.63) is 35.7 Å². The number of carbonyl (C=O) groups is 2. The first-order valence-electron chi connectivity index (χ1n) is 7.08. The maximum absolute atomic E-state index is 11.9. The molecule has 1 aliphatic rings. The minimum Gasteiger partial charge on any atom is -0.325 e. The second-order valence-electron chi connectivity index (χ2n) is 5.25. The number of hydrogen-bond acceptors (Lipinski definition) is 5. The summed E-state index contributed by atoms with van der Waals surface area (Å²) in [4.78, 5) is 27.6. The summed E-state index contributed by atoms with van der Waals surface area (Å²) in [5.74, 6) is 1.48. The largest absolute Gasteiger partial charge is 0.325 e. The molecule has 1 aromatic heterocycles. The quantitative estimate of drug-likeness (QED) is 0.632. The minimum absolute atomic E-state index is 0.0289. The number of aromatic amines is 1. The summed E-state index contributed by atoms with van der Waals surface area (Å²) in [6, 6.07) is 6.90. The number of benzene rings is 1. The van der Waals surface area contributed by atoms with E-state index in [-0.39, 0.29) is 17.4 Å². The SMILES string of the molecule is CC(=O)c1cccc(NC(=O)CSc2n[nH]c(C3CC3)n2)c1. The van der Waals surface area contributed by atoms with Crippen LogP contribution in [0, 0.1) is 0 Å². The Labute approximate surface area is 132 Å². The van der Waals surface area contributed by atoms with Crippen LogP contribution in [0.2, 0.25) is 0 Å². The fraction of sp³-hybridized carbons (Fsp3) is 0.333. The number of aromatic nitrogens is 3. The Kier molecular flexibility index (Phi) is 4.24. The van der Waals surface area contributed by atoms with Gasteiger partial charge in [0, 0.05) is 17.2 Å². The Balaban J connectivity index is 1.53. The van der Waals surface area contributed by atoms with Gasteiger partial charge in [0.1, 0.15) is 5.82 Å². The van der Waals surface area contributed by atoms with Crippen molar-refractivity contribution in [3.8, 4) is 0 Å². The van der Waals surface area contributed by atoms with Gasteiger partial charge in [0.05, 0.1) is 5.75 Å². The number of nitrogens with one attached hydrogen (secondary N) is 2. The first-order chi connectivity index (χ1) is 10.6. The van der Waals surface area contributed by atoms with Crippen LogP contribution in [0.5, 0.6) is 0 Å². The number of H-pyrrole nitrogens is 1. The minimum atomic E-state index is -0.150. The topological polar surface area (TPSA) is 87.7 Å². The average molecular weight is 316 g/mol. The van der Waals surface area contributed by atoms with Crippen molar-refractivity contribution >= 4 is 29.1 Å². The summed E-state index contributed by atoms with van der Waals surface area (Å²) in [7, 11) is 0. The van der Waals surface area contributed by atoms with Gasteiger partial charge in [0.15, 0.2) is 5.78 Å². The fourth-order valence-corrected chi connectivity index (χ4v) is 2.61. The Morgan fingerprint density at radius 1 is 1.41 bits per heavy atom. The molecule has 3 rings (SSSR count). The van der Waals surface area contributed by atoms with Crippen molar-refractivity contribution in [2.45, 2.75) is 30.8 Å². The zero-order valence-electron chi connectivity index (χ0n) is 12.1. The fourth-order valence-electron chi connectivity index (χ4n) is 2.01. The van der Waals surface area contributed by atoms with Crippen molar-refractivity contribution < 1.29 is 9.59 Å². The first-order valence-corrected chi connectivity index (χ1v) is 8.06. The number of amides is 1. The third kappa shape index (κ3) is 3.73. The zero-order chi connectivity index (χ0) is 15.5. The predicted molar refractivity (Wildman–Crippen MR) is 84.2 cm³/mol. The van der Waals surface area contributed by atoms with E-state index >= 15 is 0 Å². The lowest BCUT2D eigenvalue weighted by Crippen LogP contribution is -2.14. The molecule has 1 amide bonds. The molecule has 0 bridgehead atoms. The summed E-state index contributed by atoms with van der Waals surface area (Å²) < 4.78 is 0. The number of Topliss-reactive ketones (excluding diaryl/α,β-unsaturated/α-hetero) is 1. The molecule has 7 heteroatoms. The van der Waals surface area contributed by atoms with Gasteiger partial charge >= 0.3 is 0 Å². The van der Waals surface area contributed by atoms with Gasteiger partial charge in [-0.25, -0.2) is 4.98 Å². The van der Waals surface area contributed by atoms with Crippen LogP contribution in [0.4, 0.5) is 5.69 Å². The number of rotatable bonds is 6. The van der Waals surface area contributed by atoms with Crippen molar-refractivity contribution in [2.75, 3.05) is 11.1 Å². The van der Waals surface area contributed by atoms with Gasteiger partial charge in [-0.2, -0.15) is 0 Å². The number of ketones is 1. The molecule has 1 fully saturated rings. The lowest BCUT2D eigenvalue weighted by atomic mass is 10.1. The molecule has 0 spiro atoms. The molecule has 1 aliphatic carbocycles. The van der Waals surface area contributed by atoms with Gasteiger partial charge in [-0.15, -0.1) is 5.10 Å². The van der Waals surface area contributed by atoms with E-state index in [0.717, 1.165) is 18.7 Å². The molecule has 22 heavy (non-hydrogen) atoms. The molecule has 0 atom stereocenters. The Hall–Kier alpha value is -2.15. The molecule has 1 aromatic carbocycles. The summed E-state index contributed by atoms with van der Waals surface area (Å²) in [6.45, 7) is 1.50. The second-order valence-corrected chi connectivity index (χ2v) is 6.19. The Bertz CT molecular complexity index is 709. The molecule has 114 valence electrons. The van der Waals surface area contributed by atoms with E-state index in [1.807, 2.05) is 0 Å². The van der Waals surface area contributed by atoms with E-state index in [9.17, 15) is 9.59 Å². The van der Waals surface area contributed by atoms with Crippen LogP contribution in [-0.4, -0.2) is 32.6 Å². The van der Waals surface area contributed by atoms with Crippen molar-refractivity contribution in [1.82, 2.24) is 15.2 Å². The first kappa shape index (κ1) is 14.8. The van der Waals surface area contributed by atoms with Crippen LogP contribution in [0.25, 0.3) is 0 Å². The summed E-state index contributed by atoms with van der Waals surface area (Å²) in [5.41, 5.74) is 1.19. The summed E-state index contributed by atoms with van der Waals surface area (Å²) in [5, 5.41) is 10.4. The normalized spacial score (nSPS) is 13.9. The zero-order valence-corrected chi connectivity index (χ0v) is 12.9. The maximum Gasteiger partial charge on any atom is 0.234 e. The molecule has 2 aromatic rings. The van der Waals surface area contributed by atoms with Crippen LogP contribution in [0.1, 0.15) is 41.9 Å². The highest BCUT2D eigenvalue weighted by molar-refractivity contribution is 7.99. The molecular formula is C15H16N4O2S. The molecule has 0 radical (unpaired) electrons. The highest BCUT2D eigenvalue weighted by Gasteiger charge is 2.27. The highest BCUT2D eigenvalue weighted by atomic mass is 32.2. The number of hydrogen-bond donors (Lipinski definition) is 2. The van der Waals surface area contributed by atoms with Crippen LogP contribution in [0.3, 0.4) is 0 Å². The lowest BCUT2D eigenvalue weighted by molar-refractivity contribution is -0.113.